The highest BCUT2D eigenvalue weighted by atomic mass is 16.5. The molecule has 0 aliphatic heterocycles. The van der Waals surface area contributed by atoms with Crippen molar-refractivity contribution in [1.29, 1.82) is 0 Å². The van der Waals surface area contributed by atoms with Crippen molar-refractivity contribution >= 4 is 5.65 Å². The summed E-state index contributed by atoms with van der Waals surface area (Å²) in [5, 5.41) is 21.4. The number of hydrogen-bond acceptors (Lipinski definition) is 8. The zero-order valence-corrected chi connectivity index (χ0v) is 15.7. The van der Waals surface area contributed by atoms with Crippen molar-refractivity contribution in [3.8, 4) is 28.5 Å². The number of aromatic nitrogens is 8. The van der Waals surface area contributed by atoms with Gasteiger partial charge < -0.3 is 9.26 Å². The predicted octanol–water partition coefficient (Wildman–Crippen LogP) is 2.46. The van der Waals surface area contributed by atoms with E-state index in [2.05, 4.69) is 30.5 Å². The number of hydrogen-bond donors (Lipinski definition) is 0. The van der Waals surface area contributed by atoms with Gasteiger partial charge in [-0.05, 0) is 18.6 Å². The Bertz CT molecular complexity index is 1290. The van der Waals surface area contributed by atoms with Crippen molar-refractivity contribution in [2.24, 2.45) is 7.05 Å². The van der Waals surface area contributed by atoms with Gasteiger partial charge >= 0.3 is 0 Å². The fourth-order valence-corrected chi connectivity index (χ4v) is 2.96. The Labute approximate surface area is 164 Å². The van der Waals surface area contributed by atoms with E-state index in [9.17, 15) is 0 Å². The fourth-order valence-electron chi connectivity index (χ4n) is 2.96. The molecule has 0 atom stereocenters. The van der Waals surface area contributed by atoms with Crippen molar-refractivity contribution in [1.82, 2.24) is 39.7 Å². The highest BCUT2D eigenvalue weighted by Crippen LogP contribution is 2.30. The van der Waals surface area contributed by atoms with Crippen LogP contribution in [0.4, 0.5) is 0 Å². The van der Waals surface area contributed by atoms with Gasteiger partial charge in [-0.2, -0.15) is 9.61 Å². The lowest BCUT2D eigenvalue weighted by Gasteiger charge is -2.10. The van der Waals surface area contributed by atoms with E-state index in [4.69, 9.17) is 9.26 Å². The third-order valence-electron chi connectivity index (χ3n) is 4.29. The minimum absolute atomic E-state index is 0.180. The van der Waals surface area contributed by atoms with Crippen molar-refractivity contribution in [3.05, 3.63) is 60.4 Å². The molecule has 29 heavy (non-hydrogen) atoms. The van der Waals surface area contributed by atoms with E-state index in [1.165, 1.54) is 0 Å². The Kier molecular flexibility index (Phi) is 4.01. The van der Waals surface area contributed by atoms with Gasteiger partial charge in [-0.3, -0.25) is 4.68 Å². The molecule has 0 fully saturated rings. The second-order valence-electron chi connectivity index (χ2n) is 6.47. The lowest BCUT2D eigenvalue weighted by Crippen LogP contribution is -2.05. The van der Waals surface area contributed by atoms with E-state index in [1.807, 2.05) is 43.3 Å². The van der Waals surface area contributed by atoms with Gasteiger partial charge in [-0.25, -0.2) is 4.98 Å². The molecule has 10 nitrogen and oxygen atoms in total. The van der Waals surface area contributed by atoms with Crippen LogP contribution in [0.1, 0.15) is 11.6 Å². The standard InChI is InChI=1S/C19H16N8O2/c1-12-8-15(25-29-12)18-22-21-17-9-14(13-6-4-3-5-7-13)19(24-27(17)18)28-10-16-20-11-26(2)23-16/h3-9,11H,10H2,1-2H3. The lowest BCUT2D eigenvalue weighted by atomic mass is 10.1. The monoisotopic (exact) mass is 388 g/mol. The molecule has 0 spiro atoms. The van der Waals surface area contributed by atoms with Crippen molar-refractivity contribution < 1.29 is 9.26 Å². The second kappa shape index (κ2) is 6.82. The van der Waals surface area contributed by atoms with Crippen molar-refractivity contribution in [3.63, 3.8) is 0 Å². The highest BCUT2D eigenvalue weighted by molar-refractivity contribution is 5.72. The maximum Gasteiger partial charge on any atom is 0.240 e. The summed E-state index contributed by atoms with van der Waals surface area (Å²) in [6.45, 7) is 1.99. The Morgan fingerprint density at radius 3 is 2.66 bits per heavy atom. The van der Waals surface area contributed by atoms with Crippen LogP contribution in [0.2, 0.25) is 0 Å². The van der Waals surface area contributed by atoms with Crippen LogP contribution in [-0.4, -0.2) is 39.7 Å². The smallest absolute Gasteiger partial charge is 0.240 e. The molecule has 0 aliphatic rings. The van der Waals surface area contributed by atoms with Gasteiger partial charge in [0.2, 0.25) is 11.7 Å². The van der Waals surface area contributed by atoms with Gasteiger partial charge in [0.25, 0.3) is 0 Å². The van der Waals surface area contributed by atoms with Crippen LogP contribution in [0, 0.1) is 6.92 Å². The van der Waals surface area contributed by atoms with Gasteiger partial charge in [0.1, 0.15) is 12.1 Å². The van der Waals surface area contributed by atoms with E-state index < -0.39 is 0 Å². The summed E-state index contributed by atoms with van der Waals surface area (Å²) in [6, 6.07) is 13.5. The first-order valence-corrected chi connectivity index (χ1v) is 8.90. The molecule has 0 radical (unpaired) electrons. The van der Waals surface area contributed by atoms with E-state index in [1.54, 1.807) is 28.6 Å². The number of fused-ring (bicyclic) bond motifs is 1. The topological polar surface area (TPSA) is 109 Å². The highest BCUT2D eigenvalue weighted by Gasteiger charge is 2.18. The first-order chi connectivity index (χ1) is 14.2. The Balaban J connectivity index is 1.61. The van der Waals surface area contributed by atoms with Gasteiger partial charge in [0, 0.05) is 18.7 Å². The summed E-state index contributed by atoms with van der Waals surface area (Å²) >= 11 is 0. The Morgan fingerprint density at radius 1 is 1.07 bits per heavy atom. The fraction of sp³-hybridized carbons (Fsp3) is 0.158. The summed E-state index contributed by atoms with van der Waals surface area (Å²) in [7, 11) is 1.81. The quantitative estimate of drug-likeness (QED) is 0.452. The number of benzene rings is 1. The summed E-state index contributed by atoms with van der Waals surface area (Å²) < 4.78 is 14.4. The first kappa shape index (κ1) is 17.0. The lowest BCUT2D eigenvalue weighted by molar-refractivity contribution is 0.281. The SMILES string of the molecule is Cc1cc(-c2nnc3cc(-c4ccccc4)c(OCc4ncn(C)n4)nn23)no1. The van der Waals surface area contributed by atoms with E-state index >= 15 is 0 Å². The third-order valence-corrected chi connectivity index (χ3v) is 4.29. The van der Waals surface area contributed by atoms with Crippen LogP contribution >= 0.6 is 0 Å². The van der Waals surface area contributed by atoms with Gasteiger partial charge in [0.05, 0.1) is 0 Å². The molecule has 1 aromatic carbocycles. The Morgan fingerprint density at radius 2 is 1.93 bits per heavy atom. The van der Waals surface area contributed by atoms with E-state index in [0.29, 0.717) is 34.6 Å². The summed E-state index contributed by atoms with van der Waals surface area (Å²) in [4.78, 5) is 4.20. The first-order valence-electron chi connectivity index (χ1n) is 8.90. The average Bonchev–Trinajstić information content (AvgIpc) is 3.45. The number of rotatable bonds is 5. The third kappa shape index (κ3) is 3.20. The van der Waals surface area contributed by atoms with E-state index in [0.717, 1.165) is 11.1 Å². The van der Waals surface area contributed by atoms with Gasteiger partial charge in [-0.15, -0.1) is 15.3 Å². The summed E-state index contributed by atoms with van der Waals surface area (Å²) in [6.07, 6.45) is 1.62. The summed E-state index contributed by atoms with van der Waals surface area (Å²) in [5.74, 6) is 2.12. The molecule has 4 heterocycles. The predicted molar refractivity (Wildman–Crippen MR) is 102 cm³/mol. The van der Waals surface area contributed by atoms with Gasteiger partial charge in [0.15, 0.2) is 23.8 Å². The molecule has 0 saturated heterocycles. The van der Waals surface area contributed by atoms with E-state index in [-0.39, 0.29) is 6.61 Å². The van der Waals surface area contributed by atoms with Crippen LogP contribution < -0.4 is 4.74 Å². The second-order valence-corrected chi connectivity index (χ2v) is 6.47. The largest absolute Gasteiger partial charge is 0.468 e. The maximum atomic E-state index is 5.99. The molecule has 5 aromatic rings. The molecule has 0 aliphatic carbocycles. The van der Waals surface area contributed by atoms with Crippen LogP contribution in [0.5, 0.6) is 5.88 Å². The van der Waals surface area contributed by atoms with Crippen LogP contribution in [0.3, 0.4) is 0 Å². The molecule has 5 rings (SSSR count). The average molecular weight is 388 g/mol. The molecule has 0 amide bonds. The minimum atomic E-state index is 0.180. The maximum absolute atomic E-state index is 5.99. The molecule has 0 bridgehead atoms. The zero-order chi connectivity index (χ0) is 19.8. The number of ether oxygens (including phenoxy) is 1. The molecular weight excluding hydrogens is 372 g/mol. The molecule has 144 valence electrons. The minimum Gasteiger partial charge on any atom is -0.468 e. The van der Waals surface area contributed by atoms with Crippen LogP contribution in [0.15, 0.2) is 53.3 Å². The Hall–Kier alpha value is -4.08. The zero-order valence-electron chi connectivity index (χ0n) is 15.7. The molecule has 0 saturated carbocycles. The molecule has 10 heteroatoms. The van der Waals surface area contributed by atoms with Crippen LogP contribution in [-0.2, 0) is 13.7 Å². The van der Waals surface area contributed by atoms with Crippen molar-refractivity contribution in [2.45, 2.75) is 13.5 Å². The van der Waals surface area contributed by atoms with Gasteiger partial charge in [-0.1, -0.05) is 35.5 Å². The molecule has 0 unspecified atom stereocenters. The summed E-state index contributed by atoms with van der Waals surface area (Å²) in [5.41, 5.74) is 2.87. The molecule has 4 aromatic heterocycles. The van der Waals surface area contributed by atoms with Crippen LogP contribution in [0.25, 0.3) is 28.3 Å². The molecule has 0 N–H and O–H groups in total. The number of nitrogens with zero attached hydrogens (tertiary/aromatic N) is 8. The van der Waals surface area contributed by atoms with Crippen molar-refractivity contribution in [2.75, 3.05) is 0 Å². The normalized spacial score (nSPS) is 11.2. The molecular formula is C19H16N8O2. The number of aryl methyl sites for hydroxylation is 2.